The fourth-order valence-corrected chi connectivity index (χ4v) is 4.07. The molecule has 1 aliphatic carbocycles. The molecule has 0 radical (unpaired) electrons. The van der Waals surface area contributed by atoms with Crippen molar-refractivity contribution < 1.29 is 22.8 Å². The summed E-state index contributed by atoms with van der Waals surface area (Å²) in [7, 11) is 0. The molecular formula is C23H19F3N2O2S. The van der Waals surface area contributed by atoms with Crippen molar-refractivity contribution in [3.8, 4) is 10.4 Å². The molecule has 0 atom stereocenters. The second kappa shape index (κ2) is 8.19. The van der Waals surface area contributed by atoms with Crippen LogP contribution in [0.2, 0.25) is 0 Å². The van der Waals surface area contributed by atoms with E-state index in [0.717, 1.165) is 35.8 Å². The Balaban J connectivity index is 1.55. The largest absolute Gasteiger partial charge is 0.417 e. The molecule has 2 amide bonds. The molecule has 0 aliphatic heterocycles. The Morgan fingerprint density at radius 2 is 1.74 bits per heavy atom. The summed E-state index contributed by atoms with van der Waals surface area (Å²) in [4.78, 5) is 25.6. The highest BCUT2D eigenvalue weighted by molar-refractivity contribution is 7.17. The molecule has 2 N–H and O–H groups in total. The Morgan fingerprint density at radius 1 is 1.00 bits per heavy atom. The van der Waals surface area contributed by atoms with E-state index in [1.54, 1.807) is 25.1 Å². The molecule has 1 aliphatic rings. The Kier molecular flexibility index (Phi) is 5.58. The van der Waals surface area contributed by atoms with Crippen molar-refractivity contribution >= 4 is 28.8 Å². The highest BCUT2D eigenvalue weighted by atomic mass is 32.1. The maximum absolute atomic E-state index is 13.3. The maximum atomic E-state index is 13.3. The molecular weight excluding hydrogens is 425 g/mol. The number of thiophene rings is 1. The van der Waals surface area contributed by atoms with Gasteiger partial charge in [0, 0.05) is 27.7 Å². The third-order valence-corrected chi connectivity index (χ3v) is 6.11. The van der Waals surface area contributed by atoms with Gasteiger partial charge in [0.25, 0.3) is 11.8 Å². The van der Waals surface area contributed by atoms with Gasteiger partial charge in [-0.1, -0.05) is 24.3 Å². The summed E-state index contributed by atoms with van der Waals surface area (Å²) in [6.45, 7) is 1.80. The van der Waals surface area contributed by atoms with E-state index in [1.165, 1.54) is 30.3 Å². The number of hydrogen-bond donors (Lipinski definition) is 2. The van der Waals surface area contributed by atoms with Crippen molar-refractivity contribution in [1.82, 2.24) is 5.32 Å². The fourth-order valence-electron chi connectivity index (χ4n) is 3.13. The highest BCUT2D eigenvalue weighted by Crippen LogP contribution is 2.39. The lowest BCUT2D eigenvalue weighted by Gasteiger charge is -2.11. The van der Waals surface area contributed by atoms with E-state index in [0.29, 0.717) is 16.1 Å². The van der Waals surface area contributed by atoms with Crippen LogP contribution in [0.5, 0.6) is 0 Å². The number of alkyl halides is 3. The first-order valence-electron chi connectivity index (χ1n) is 9.71. The summed E-state index contributed by atoms with van der Waals surface area (Å²) in [6.07, 6.45) is -2.54. The minimum absolute atomic E-state index is 0.0361. The number of amides is 2. The van der Waals surface area contributed by atoms with Crippen molar-refractivity contribution in [3.63, 3.8) is 0 Å². The number of aryl methyl sites for hydroxylation is 1. The molecule has 0 bridgehead atoms. The summed E-state index contributed by atoms with van der Waals surface area (Å²) in [5.41, 5.74) is 0.997. The molecule has 2 aromatic carbocycles. The average Bonchev–Trinajstić information content (AvgIpc) is 3.40. The molecule has 8 heteroatoms. The number of carbonyl (C=O) groups excluding carboxylic acids is 2. The zero-order valence-electron chi connectivity index (χ0n) is 16.5. The summed E-state index contributed by atoms with van der Waals surface area (Å²) in [5.74, 6) is -0.635. The molecule has 0 unspecified atom stereocenters. The average molecular weight is 444 g/mol. The van der Waals surface area contributed by atoms with Gasteiger partial charge >= 0.3 is 6.18 Å². The number of benzene rings is 2. The van der Waals surface area contributed by atoms with Crippen molar-refractivity contribution in [2.24, 2.45) is 0 Å². The predicted molar refractivity (Wildman–Crippen MR) is 114 cm³/mol. The van der Waals surface area contributed by atoms with E-state index in [2.05, 4.69) is 10.6 Å². The van der Waals surface area contributed by atoms with Gasteiger partial charge < -0.3 is 10.6 Å². The molecule has 0 saturated heterocycles. The van der Waals surface area contributed by atoms with E-state index in [9.17, 15) is 22.8 Å². The van der Waals surface area contributed by atoms with Crippen LogP contribution >= 0.6 is 11.3 Å². The predicted octanol–water partition coefficient (Wildman–Crippen LogP) is 5.89. The van der Waals surface area contributed by atoms with Crippen LogP contribution in [0.15, 0.2) is 54.6 Å². The molecule has 4 rings (SSSR count). The van der Waals surface area contributed by atoms with E-state index < -0.39 is 17.6 Å². The van der Waals surface area contributed by atoms with E-state index >= 15 is 0 Å². The molecule has 160 valence electrons. The van der Waals surface area contributed by atoms with Gasteiger partial charge in [-0.05, 0) is 55.7 Å². The maximum Gasteiger partial charge on any atom is 0.417 e. The first-order chi connectivity index (χ1) is 14.7. The number of carbonyl (C=O) groups is 2. The second-order valence-corrected chi connectivity index (χ2v) is 8.52. The van der Waals surface area contributed by atoms with Crippen LogP contribution in [0, 0.1) is 6.92 Å². The van der Waals surface area contributed by atoms with Crippen LogP contribution in [0.4, 0.5) is 18.9 Å². The van der Waals surface area contributed by atoms with Gasteiger partial charge in [0.1, 0.15) is 0 Å². The Morgan fingerprint density at radius 3 is 2.45 bits per heavy atom. The summed E-state index contributed by atoms with van der Waals surface area (Å²) in [5, 5.41) is 5.67. The summed E-state index contributed by atoms with van der Waals surface area (Å²) >= 11 is 0.985. The number of nitrogens with one attached hydrogen (secondary N) is 2. The Labute approximate surface area is 181 Å². The van der Waals surface area contributed by atoms with Crippen LogP contribution in [0.1, 0.15) is 44.0 Å². The van der Waals surface area contributed by atoms with Crippen LogP contribution in [-0.4, -0.2) is 17.9 Å². The first-order valence-corrected chi connectivity index (χ1v) is 10.5. The number of rotatable bonds is 5. The van der Waals surface area contributed by atoms with E-state index in [4.69, 9.17) is 0 Å². The van der Waals surface area contributed by atoms with Crippen molar-refractivity contribution in [3.05, 3.63) is 76.2 Å². The molecule has 1 fully saturated rings. The zero-order valence-corrected chi connectivity index (χ0v) is 17.4. The third-order valence-electron chi connectivity index (χ3n) is 4.99. The van der Waals surface area contributed by atoms with Gasteiger partial charge in [-0.2, -0.15) is 13.2 Å². The van der Waals surface area contributed by atoms with Crippen molar-refractivity contribution in [2.45, 2.75) is 32.0 Å². The molecule has 1 saturated carbocycles. The van der Waals surface area contributed by atoms with Gasteiger partial charge in [-0.15, -0.1) is 11.3 Å². The third kappa shape index (κ3) is 4.80. The SMILES string of the molecule is Cc1ccc(C(=O)NC2CC2)cc1NC(=O)c1ccc(-c2ccccc2C(F)(F)F)s1. The first kappa shape index (κ1) is 21.1. The van der Waals surface area contributed by atoms with Gasteiger partial charge in [0.05, 0.1) is 10.4 Å². The fraction of sp³-hybridized carbons (Fsp3) is 0.217. The van der Waals surface area contributed by atoms with Gasteiger partial charge in [-0.3, -0.25) is 9.59 Å². The lowest BCUT2D eigenvalue weighted by atomic mass is 10.1. The summed E-state index contributed by atoms with van der Waals surface area (Å²) in [6, 6.07) is 13.6. The standard InChI is InChI=1S/C23H19F3N2O2S/c1-13-6-7-14(21(29)27-15-8-9-15)12-18(13)28-22(30)20-11-10-19(31-20)16-4-2-3-5-17(16)23(24,25)26/h2-7,10-12,15H,8-9H2,1H3,(H,27,29)(H,28,30). The Hall–Kier alpha value is -3.13. The van der Waals surface area contributed by atoms with Crippen molar-refractivity contribution in [2.75, 3.05) is 5.32 Å². The smallest absolute Gasteiger partial charge is 0.349 e. The van der Waals surface area contributed by atoms with E-state index in [1.807, 2.05) is 0 Å². The highest BCUT2D eigenvalue weighted by Gasteiger charge is 2.33. The quantitative estimate of drug-likeness (QED) is 0.516. The molecule has 1 aromatic heterocycles. The van der Waals surface area contributed by atoms with Crippen LogP contribution in [0.3, 0.4) is 0 Å². The van der Waals surface area contributed by atoms with Gasteiger partial charge in [0.2, 0.25) is 0 Å². The molecule has 4 nitrogen and oxygen atoms in total. The molecule has 1 heterocycles. The van der Waals surface area contributed by atoms with Gasteiger partial charge in [-0.25, -0.2) is 0 Å². The second-order valence-electron chi connectivity index (χ2n) is 7.44. The minimum Gasteiger partial charge on any atom is -0.349 e. The lowest BCUT2D eigenvalue weighted by Crippen LogP contribution is -2.25. The minimum atomic E-state index is -4.48. The normalized spacial score (nSPS) is 13.7. The Bertz CT molecular complexity index is 1150. The number of hydrogen-bond acceptors (Lipinski definition) is 3. The number of anilines is 1. The van der Waals surface area contributed by atoms with Gasteiger partial charge in [0.15, 0.2) is 0 Å². The number of halogens is 3. The summed E-state index contributed by atoms with van der Waals surface area (Å²) < 4.78 is 39.9. The molecule has 3 aromatic rings. The van der Waals surface area contributed by atoms with E-state index in [-0.39, 0.29) is 22.4 Å². The van der Waals surface area contributed by atoms with Crippen LogP contribution < -0.4 is 10.6 Å². The van der Waals surface area contributed by atoms with Crippen LogP contribution in [0.25, 0.3) is 10.4 Å². The van der Waals surface area contributed by atoms with Crippen molar-refractivity contribution in [1.29, 1.82) is 0 Å². The van der Waals surface area contributed by atoms with Crippen LogP contribution in [-0.2, 0) is 6.18 Å². The monoisotopic (exact) mass is 444 g/mol. The molecule has 31 heavy (non-hydrogen) atoms. The zero-order chi connectivity index (χ0) is 22.2. The lowest BCUT2D eigenvalue weighted by molar-refractivity contribution is -0.137. The molecule has 0 spiro atoms. The topological polar surface area (TPSA) is 58.2 Å².